The van der Waals surface area contributed by atoms with Gasteiger partial charge in [-0.3, -0.25) is 0 Å². The molecule has 6 aromatic rings. The van der Waals surface area contributed by atoms with Crippen molar-refractivity contribution in [2.24, 2.45) is 0 Å². The summed E-state index contributed by atoms with van der Waals surface area (Å²) >= 11 is 9.04. The summed E-state index contributed by atoms with van der Waals surface area (Å²) in [5.74, 6) is -0.0301. The van der Waals surface area contributed by atoms with Crippen LogP contribution < -0.4 is 0 Å². The Bertz CT molecular complexity index is 2680. The van der Waals surface area contributed by atoms with Crippen LogP contribution in [0.4, 0.5) is 0 Å². The molecule has 0 N–H and O–H groups in total. The molecular weight excluding hydrogens is 785 g/mol. The molecule has 0 unspecified atom stereocenters. The van der Waals surface area contributed by atoms with Crippen LogP contribution in [0.5, 0.6) is 0 Å². The first-order valence-electron chi connectivity index (χ1n) is 15.0. The third-order valence-electron chi connectivity index (χ3n) is 7.25. The zero-order valence-electron chi connectivity index (χ0n) is 27.1. The summed E-state index contributed by atoms with van der Waals surface area (Å²) in [5.41, 5.74) is 1.88. The van der Waals surface area contributed by atoms with Crippen molar-refractivity contribution in [2.75, 3.05) is 0 Å². The van der Waals surface area contributed by atoms with Gasteiger partial charge in [0.05, 0.1) is 35.0 Å². The molecule has 6 rings (SSSR count). The standard InChI is InChI=1S/C40H14N8S6/c1-45-24(21-43)14-27-5-9-32(49-27)36-17-30(39(53-36)34-11-7-26(51-34)13-23(19-41)20-42)31-18-37(33-10-6-28(50-33)15-25(22-44)46-2)54-40(31)35-12-8-29(52-35)16-38(47-3)48-4/h5-18H/b24-14-,25-15+. The minimum absolute atomic E-state index is 0.00108. The highest BCUT2D eigenvalue weighted by molar-refractivity contribution is 7.28. The lowest BCUT2D eigenvalue weighted by atomic mass is 10.0. The lowest BCUT2D eigenvalue weighted by Gasteiger charge is -2.03. The molecule has 8 nitrogen and oxygen atoms in total. The molecule has 0 aromatic carbocycles. The van der Waals surface area contributed by atoms with E-state index < -0.39 is 0 Å². The Labute approximate surface area is 334 Å². The molecule has 0 spiro atoms. The molecule has 250 valence electrons. The first kappa shape index (κ1) is 36.9. The molecule has 0 aliphatic carbocycles. The van der Waals surface area contributed by atoms with Crippen LogP contribution >= 0.6 is 68.0 Å². The smallest absolute Gasteiger partial charge is 0.227 e. The van der Waals surface area contributed by atoms with Crippen molar-refractivity contribution in [1.29, 1.82) is 21.0 Å². The Morgan fingerprint density at radius 2 is 0.833 bits per heavy atom. The first-order chi connectivity index (χ1) is 26.3. The predicted molar refractivity (Wildman–Crippen MR) is 222 cm³/mol. The van der Waals surface area contributed by atoms with Gasteiger partial charge in [-0.25, -0.2) is 20.2 Å². The number of rotatable bonds is 9. The van der Waals surface area contributed by atoms with Gasteiger partial charge in [0.25, 0.3) is 11.4 Å². The highest BCUT2D eigenvalue weighted by Gasteiger charge is 2.23. The molecule has 0 amide bonds. The fraction of sp³-hybridized carbons (Fsp3) is 0. The van der Waals surface area contributed by atoms with Crippen molar-refractivity contribution in [3.63, 3.8) is 0 Å². The molecule has 0 bridgehead atoms. The van der Waals surface area contributed by atoms with E-state index in [4.69, 9.17) is 26.3 Å². The minimum Gasteiger partial charge on any atom is -0.227 e. The average molecular weight is 799 g/mol. The summed E-state index contributed by atoms with van der Waals surface area (Å²) in [4.78, 5) is 23.9. The minimum atomic E-state index is -0.0301. The van der Waals surface area contributed by atoms with Gasteiger partial charge in [0.2, 0.25) is 0 Å². The predicted octanol–water partition coefficient (Wildman–Crippen LogP) is 13.5. The highest BCUT2D eigenvalue weighted by Crippen LogP contribution is 2.53. The van der Waals surface area contributed by atoms with Crippen LogP contribution in [0.3, 0.4) is 0 Å². The van der Waals surface area contributed by atoms with Crippen molar-refractivity contribution in [3.8, 4) is 74.4 Å². The Kier molecular flexibility index (Phi) is 11.3. The monoisotopic (exact) mass is 798 g/mol. The van der Waals surface area contributed by atoms with E-state index in [1.807, 2.05) is 72.8 Å². The Balaban J connectivity index is 1.57. The second-order valence-corrected chi connectivity index (χ2v) is 17.1. The molecule has 0 saturated heterocycles. The molecule has 0 aliphatic rings. The number of hydrogen-bond donors (Lipinski definition) is 0. The number of allylic oxidation sites excluding steroid dienone is 3. The Morgan fingerprint density at radius 3 is 1.22 bits per heavy atom. The summed E-state index contributed by atoms with van der Waals surface area (Å²) in [6, 6.07) is 27.3. The Hall–Kier alpha value is -6.92. The second kappa shape index (κ2) is 16.6. The third kappa shape index (κ3) is 7.93. The van der Waals surface area contributed by atoms with Gasteiger partial charge in [-0.05, 0) is 78.9 Å². The number of thiophene rings is 6. The fourth-order valence-corrected chi connectivity index (χ4v) is 11.5. The van der Waals surface area contributed by atoms with Gasteiger partial charge in [0.1, 0.15) is 30.9 Å². The SMILES string of the molecule is [C-]#[N+]C(=Cc1ccc(-c2sc(-c3ccc(/C=C(\C#N)[N+]#[C-])s3)cc2-c2cc(-c3ccc(/C=C(/C#N)[N+]#[C-])s3)sc2-c2ccc(C=C(C#N)C#N)s2)s1)[N+]#[C-]. The Morgan fingerprint density at radius 1 is 0.444 bits per heavy atom. The molecule has 0 atom stereocenters. The number of nitrogens with zero attached hydrogens (tertiary/aromatic N) is 8. The zero-order chi connectivity index (χ0) is 38.2. The van der Waals surface area contributed by atoms with E-state index in [-0.39, 0.29) is 22.8 Å². The summed E-state index contributed by atoms with van der Waals surface area (Å²) in [7, 11) is 0. The summed E-state index contributed by atoms with van der Waals surface area (Å²) in [6.07, 6.45) is 6.27. The van der Waals surface area contributed by atoms with Gasteiger partial charge < -0.3 is 0 Å². The quantitative estimate of drug-likeness (QED) is 0.107. The third-order valence-corrected chi connectivity index (χ3v) is 14.4. The van der Waals surface area contributed by atoms with Crippen LogP contribution in [-0.2, 0) is 0 Å². The maximum absolute atomic E-state index is 9.37. The van der Waals surface area contributed by atoms with Crippen molar-refractivity contribution in [1.82, 2.24) is 0 Å². The van der Waals surface area contributed by atoms with Crippen LogP contribution in [0.25, 0.3) is 93.8 Å². The highest BCUT2D eigenvalue weighted by atomic mass is 32.1. The van der Waals surface area contributed by atoms with Gasteiger partial charge in [-0.15, -0.1) is 68.0 Å². The van der Waals surface area contributed by atoms with E-state index in [0.29, 0.717) is 0 Å². The van der Waals surface area contributed by atoms with E-state index in [1.54, 1.807) is 47.0 Å². The molecule has 0 aliphatic heterocycles. The molecule has 54 heavy (non-hydrogen) atoms. The van der Waals surface area contributed by atoms with E-state index >= 15 is 0 Å². The maximum atomic E-state index is 9.37. The van der Waals surface area contributed by atoms with Gasteiger partial charge in [0.15, 0.2) is 0 Å². The van der Waals surface area contributed by atoms with Crippen molar-refractivity contribution in [3.05, 3.63) is 149 Å². The zero-order valence-corrected chi connectivity index (χ0v) is 32.0. The van der Waals surface area contributed by atoms with Crippen LogP contribution in [-0.4, -0.2) is 0 Å². The van der Waals surface area contributed by atoms with Gasteiger partial charge in [-0.2, -0.15) is 20.2 Å². The van der Waals surface area contributed by atoms with E-state index in [0.717, 1.165) is 69.7 Å². The summed E-state index contributed by atoms with van der Waals surface area (Å²) in [6.45, 7) is 29.2. The van der Waals surface area contributed by atoms with Gasteiger partial charge in [-0.1, -0.05) is 0 Å². The number of hydrogen-bond acceptors (Lipinski definition) is 10. The second-order valence-electron chi connectivity index (χ2n) is 10.5. The first-order valence-corrected chi connectivity index (χ1v) is 19.9. The lowest BCUT2D eigenvalue weighted by molar-refractivity contribution is 1.47. The van der Waals surface area contributed by atoms with Crippen LogP contribution in [0.1, 0.15) is 19.5 Å². The van der Waals surface area contributed by atoms with Crippen LogP contribution in [0.15, 0.2) is 83.5 Å². The molecule has 6 heterocycles. The van der Waals surface area contributed by atoms with E-state index in [2.05, 4.69) is 31.5 Å². The van der Waals surface area contributed by atoms with Gasteiger partial charge in [0, 0.05) is 66.0 Å². The molecule has 6 aromatic heterocycles. The number of nitriles is 4. The van der Waals surface area contributed by atoms with Crippen molar-refractivity contribution < 1.29 is 0 Å². The fourth-order valence-electron chi connectivity index (χ4n) is 4.92. The molecular formula is C40H14N8S6. The lowest BCUT2D eigenvalue weighted by Crippen LogP contribution is -1.77. The largest absolute Gasteiger partial charge is 0.520 e. The van der Waals surface area contributed by atoms with E-state index in [9.17, 15) is 21.0 Å². The maximum Gasteiger partial charge on any atom is 0.520 e. The van der Waals surface area contributed by atoms with Crippen LogP contribution in [0.2, 0.25) is 0 Å². The summed E-state index contributed by atoms with van der Waals surface area (Å²) < 4.78 is 0. The van der Waals surface area contributed by atoms with Crippen LogP contribution in [0, 0.1) is 71.6 Å². The normalized spacial score (nSPS) is 10.7. The topological polar surface area (TPSA) is 113 Å². The molecule has 14 heteroatoms. The molecule has 0 fully saturated rings. The molecule has 0 radical (unpaired) electrons. The van der Waals surface area contributed by atoms with Crippen molar-refractivity contribution >= 4 is 92.3 Å². The van der Waals surface area contributed by atoms with Gasteiger partial charge >= 0.3 is 5.82 Å². The van der Waals surface area contributed by atoms with Crippen molar-refractivity contribution in [2.45, 2.75) is 0 Å². The van der Waals surface area contributed by atoms with E-state index in [1.165, 1.54) is 45.3 Å². The molecule has 0 saturated carbocycles. The summed E-state index contributed by atoms with van der Waals surface area (Å²) in [5, 5.41) is 37.4. The average Bonchev–Trinajstić information content (AvgIpc) is 4.05.